The summed E-state index contributed by atoms with van der Waals surface area (Å²) < 4.78 is 45.7. The van der Waals surface area contributed by atoms with Crippen molar-refractivity contribution in [3.63, 3.8) is 0 Å². The van der Waals surface area contributed by atoms with Gasteiger partial charge in [-0.05, 0) is 25.5 Å². The van der Waals surface area contributed by atoms with E-state index in [-0.39, 0.29) is 12.5 Å². The fourth-order valence-electron chi connectivity index (χ4n) is 3.54. The van der Waals surface area contributed by atoms with Crippen molar-refractivity contribution in [2.24, 2.45) is 5.92 Å². The van der Waals surface area contributed by atoms with E-state index in [9.17, 15) is 18.0 Å². The van der Waals surface area contributed by atoms with E-state index < -0.39 is 22.9 Å². The summed E-state index contributed by atoms with van der Waals surface area (Å²) in [5.74, 6) is -1.19. The lowest BCUT2D eigenvalue weighted by molar-refractivity contribution is -0.192. The maximum atomic E-state index is 13.6. The van der Waals surface area contributed by atoms with Gasteiger partial charge in [-0.1, -0.05) is 12.8 Å². The van der Waals surface area contributed by atoms with Gasteiger partial charge in [-0.2, -0.15) is 13.2 Å². The highest BCUT2D eigenvalue weighted by Crippen LogP contribution is 2.55. The zero-order chi connectivity index (χ0) is 15.0. The molecule has 0 saturated carbocycles. The van der Waals surface area contributed by atoms with Crippen LogP contribution in [0.2, 0.25) is 0 Å². The molecule has 2 heterocycles. The Bertz CT molecular complexity index is 377. The lowest BCUT2D eigenvalue weighted by atomic mass is 9.95. The van der Waals surface area contributed by atoms with E-state index in [0.717, 1.165) is 31.0 Å². The molecule has 2 aliphatic rings. The van der Waals surface area contributed by atoms with Crippen molar-refractivity contribution in [3.8, 4) is 0 Å². The van der Waals surface area contributed by atoms with Crippen molar-refractivity contribution >= 4 is 17.7 Å². The molecule has 7 heteroatoms. The molecule has 0 N–H and O–H groups in total. The Kier molecular flexibility index (Phi) is 4.59. The van der Waals surface area contributed by atoms with E-state index in [1.54, 1.807) is 0 Å². The van der Waals surface area contributed by atoms with Crippen LogP contribution in [0.5, 0.6) is 0 Å². The molecule has 0 aromatic heterocycles. The number of ether oxygens (including phenoxy) is 1. The molecule has 0 aromatic rings. The van der Waals surface area contributed by atoms with Crippen LogP contribution in [0.1, 0.15) is 32.1 Å². The zero-order valence-electron chi connectivity index (χ0n) is 11.7. The van der Waals surface area contributed by atoms with Gasteiger partial charge < -0.3 is 4.74 Å². The van der Waals surface area contributed by atoms with Gasteiger partial charge in [-0.15, -0.1) is 11.8 Å². The van der Waals surface area contributed by atoms with E-state index >= 15 is 0 Å². The molecule has 0 aromatic carbocycles. The quantitative estimate of drug-likeness (QED) is 0.733. The van der Waals surface area contributed by atoms with Crippen molar-refractivity contribution in [3.05, 3.63) is 0 Å². The number of hydrogen-bond donors (Lipinski definition) is 0. The summed E-state index contributed by atoms with van der Waals surface area (Å²) in [6.07, 6.45) is 0.114. The summed E-state index contributed by atoms with van der Waals surface area (Å²) in [6, 6.07) is -0.348. The van der Waals surface area contributed by atoms with Gasteiger partial charge in [0.15, 0.2) is 4.87 Å². The zero-order valence-corrected chi connectivity index (χ0v) is 12.5. The molecule has 2 saturated heterocycles. The van der Waals surface area contributed by atoms with Gasteiger partial charge in [0.25, 0.3) is 0 Å². The van der Waals surface area contributed by atoms with Crippen LogP contribution in [0, 0.1) is 5.92 Å². The normalized spacial score (nSPS) is 35.5. The van der Waals surface area contributed by atoms with Crippen LogP contribution in [0.4, 0.5) is 13.2 Å². The third-order valence-electron chi connectivity index (χ3n) is 4.51. The molecular formula is C13H20F3NO2S. The van der Waals surface area contributed by atoms with E-state index in [2.05, 4.69) is 0 Å². The summed E-state index contributed by atoms with van der Waals surface area (Å²) in [5, 5.41) is 0. The van der Waals surface area contributed by atoms with Gasteiger partial charge in [-0.25, -0.2) is 0 Å². The predicted molar refractivity (Wildman–Crippen MR) is 71.4 cm³/mol. The molecule has 0 amide bonds. The molecule has 2 aliphatic heterocycles. The largest absolute Gasteiger partial charge is 0.469 e. The van der Waals surface area contributed by atoms with Gasteiger partial charge in [-0.3, -0.25) is 9.69 Å². The summed E-state index contributed by atoms with van der Waals surface area (Å²) in [7, 11) is 1.25. The number of thioether (sulfide) groups is 1. The SMILES string of the molecule is COC(=O)[C@@H]1C[C@@](SC)(C(F)(F)F)N2CCCCC[C@H]12. The monoisotopic (exact) mass is 311 g/mol. The highest BCUT2D eigenvalue weighted by molar-refractivity contribution is 8.00. The maximum absolute atomic E-state index is 13.6. The van der Waals surface area contributed by atoms with Crippen LogP contribution in [0.3, 0.4) is 0 Å². The first-order valence-corrected chi connectivity index (χ1v) is 8.06. The molecule has 0 radical (unpaired) electrons. The summed E-state index contributed by atoms with van der Waals surface area (Å²) >= 11 is 0.807. The Labute approximate surface area is 121 Å². The fourth-order valence-corrected chi connectivity index (χ4v) is 4.58. The molecular weight excluding hydrogens is 291 g/mol. The van der Waals surface area contributed by atoms with E-state index in [1.807, 2.05) is 0 Å². The van der Waals surface area contributed by atoms with Crippen molar-refractivity contribution in [2.75, 3.05) is 19.9 Å². The van der Waals surface area contributed by atoms with Crippen LogP contribution in [-0.2, 0) is 9.53 Å². The van der Waals surface area contributed by atoms with Gasteiger partial charge in [0, 0.05) is 12.6 Å². The van der Waals surface area contributed by atoms with Crippen LogP contribution in [0.15, 0.2) is 0 Å². The van der Waals surface area contributed by atoms with Crippen LogP contribution < -0.4 is 0 Å². The Morgan fingerprint density at radius 1 is 1.35 bits per heavy atom. The van der Waals surface area contributed by atoms with Gasteiger partial charge in [0.05, 0.1) is 13.0 Å². The average Bonchev–Trinajstić information content (AvgIpc) is 2.56. The Hall–Kier alpha value is -0.430. The average molecular weight is 311 g/mol. The molecule has 0 bridgehead atoms. The first kappa shape index (κ1) is 15.9. The van der Waals surface area contributed by atoms with Crippen molar-refractivity contribution in [1.29, 1.82) is 0 Å². The summed E-state index contributed by atoms with van der Waals surface area (Å²) in [5.41, 5.74) is 0. The van der Waals surface area contributed by atoms with E-state index in [1.165, 1.54) is 18.3 Å². The van der Waals surface area contributed by atoms with Crippen LogP contribution in [-0.4, -0.2) is 47.9 Å². The second kappa shape index (κ2) is 5.75. The summed E-state index contributed by atoms with van der Waals surface area (Å²) in [6.45, 7) is 0.401. The minimum atomic E-state index is -4.35. The number of halogens is 3. The van der Waals surface area contributed by atoms with E-state index in [0.29, 0.717) is 13.0 Å². The smallest absolute Gasteiger partial charge is 0.416 e. The second-order valence-electron chi connectivity index (χ2n) is 5.43. The number of fused-ring (bicyclic) bond motifs is 1. The first-order chi connectivity index (χ1) is 9.37. The lowest BCUT2D eigenvalue weighted by Crippen LogP contribution is -2.54. The third-order valence-corrected chi connectivity index (χ3v) is 5.82. The Morgan fingerprint density at radius 2 is 2.05 bits per heavy atom. The second-order valence-corrected chi connectivity index (χ2v) is 6.51. The number of alkyl halides is 3. The van der Waals surface area contributed by atoms with Crippen LogP contribution in [0.25, 0.3) is 0 Å². The number of methoxy groups -OCH3 is 1. The Morgan fingerprint density at radius 3 is 2.60 bits per heavy atom. The minimum Gasteiger partial charge on any atom is -0.469 e. The summed E-state index contributed by atoms with van der Waals surface area (Å²) in [4.78, 5) is 11.5. The number of rotatable bonds is 2. The molecule has 20 heavy (non-hydrogen) atoms. The molecule has 3 atom stereocenters. The maximum Gasteiger partial charge on any atom is 0.416 e. The van der Waals surface area contributed by atoms with Gasteiger partial charge in [0.1, 0.15) is 0 Å². The fraction of sp³-hybridized carbons (Fsp3) is 0.923. The minimum absolute atomic E-state index is 0.199. The highest BCUT2D eigenvalue weighted by atomic mass is 32.2. The number of nitrogens with zero attached hydrogens (tertiary/aromatic N) is 1. The van der Waals surface area contributed by atoms with E-state index in [4.69, 9.17) is 4.74 Å². The molecule has 0 aliphatic carbocycles. The number of hydrogen-bond acceptors (Lipinski definition) is 4. The standard InChI is InChI=1S/C13H20F3NO2S/c1-19-11(18)9-8-12(20-2,13(14,15)16)17-7-5-3-4-6-10(9)17/h9-10H,3-8H2,1-2H3/t9-,10-,12-/m1/s1. The molecule has 0 spiro atoms. The molecule has 3 nitrogen and oxygen atoms in total. The lowest BCUT2D eigenvalue weighted by Gasteiger charge is -2.40. The number of esters is 1. The van der Waals surface area contributed by atoms with Gasteiger partial charge in [0.2, 0.25) is 0 Å². The molecule has 2 rings (SSSR count). The molecule has 0 unspecified atom stereocenters. The van der Waals surface area contributed by atoms with Crippen molar-refractivity contribution in [2.45, 2.75) is 49.2 Å². The topological polar surface area (TPSA) is 29.5 Å². The van der Waals surface area contributed by atoms with Crippen molar-refractivity contribution in [1.82, 2.24) is 4.90 Å². The predicted octanol–water partition coefficient (Wildman–Crippen LogP) is 3.05. The number of carbonyl (C=O) groups excluding carboxylic acids is 1. The highest BCUT2D eigenvalue weighted by Gasteiger charge is 2.66. The third kappa shape index (κ3) is 2.43. The Balaban J connectivity index is 2.40. The first-order valence-electron chi connectivity index (χ1n) is 6.84. The molecule has 116 valence electrons. The molecule has 2 fully saturated rings. The number of carbonyl (C=O) groups is 1. The van der Waals surface area contributed by atoms with Crippen LogP contribution >= 0.6 is 11.8 Å². The van der Waals surface area contributed by atoms with Gasteiger partial charge >= 0.3 is 12.1 Å². The van der Waals surface area contributed by atoms with Crippen molar-refractivity contribution < 1.29 is 22.7 Å².